The second kappa shape index (κ2) is 13.3. The van der Waals surface area contributed by atoms with Crippen molar-refractivity contribution < 1.29 is 38.7 Å². The second-order valence-corrected chi connectivity index (χ2v) is 11.0. The van der Waals surface area contributed by atoms with E-state index < -0.39 is 11.9 Å². The van der Waals surface area contributed by atoms with Gasteiger partial charge in [-0.2, -0.15) is 0 Å². The largest absolute Gasteiger partial charge is 0.505 e. The number of esters is 2. The molecule has 2 heterocycles. The Morgan fingerprint density at radius 3 is 1.22 bits per heavy atom. The molecule has 2 N–H and O–H groups in total. The molecule has 2 aromatic heterocycles. The van der Waals surface area contributed by atoms with E-state index in [1.54, 1.807) is 48.5 Å². The molecular formula is C36H28N6O8. The van der Waals surface area contributed by atoms with Crippen molar-refractivity contribution in [3.8, 4) is 34.4 Å². The predicted octanol–water partition coefficient (Wildman–Crippen LogP) is 5.30. The Hall–Kier alpha value is -6.96. The summed E-state index contributed by atoms with van der Waals surface area (Å²) in [7, 11) is 2.95. The minimum Gasteiger partial charge on any atom is -0.505 e. The van der Waals surface area contributed by atoms with E-state index in [4.69, 9.17) is 18.9 Å². The highest BCUT2D eigenvalue weighted by Crippen LogP contribution is 2.33. The van der Waals surface area contributed by atoms with Gasteiger partial charge in [-0.15, -0.1) is 30.0 Å². The van der Waals surface area contributed by atoms with E-state index in [0.29, 0.717) is 33.6 Å². The average Bonchev–Trinajstić information content (AvgIpc) is 3.78. The highest BCUT2D eigenvalue weighted by atomic mass is 16.5. The van der Waals surface area contributed by atoms with Gasteiger partial charge in [-0.3, -0.25) is 0 Å². The summed E-state index contributed by atoms with van der Waals surface area (Å²) in [5.74, 6) is -0.937. The number of aromatic hydroxyl groups is 2. The fourth-order valence-corrected chi connectivity index (χ4v) is 5.19. The van der Waals surface area contributed by atoms with Gasteiger partial charge in [-0.1, -0.05) is 24.3 Å². The van der Waals surface area contributed by atoms with Crippen LogP contribution in [0, 0.1) is 0 Å². The first-order valence-electron chi connectivity index (χ1n) is 15.2. The third-order valence-electron chi connectivity index (χ3n) is 7.83. The van der Waals surface area contributed by atoms with Crippen molar-refractivity contribution in [2.75, 3.05) is 14.2 Å². The maximum absolute atomic E-state index is 12.9. The molecule has 7 rings (SSSR count). The third-order valence-corrected chi connectivity index (χ3v) is 7.83. The summed E-state index contributed by atoms with van der Waals surface area (Å²) < 4.78 is 21.7. The Labute approximate surface area is 283 Å². The fraction of sp³-hybridized carbons (Fsp3) is 0.111. The number of carbonyl (C=O) groups is 2. The highest BCUT2D eigenvalue weighted by Gasteiger charge is 2.20. The molecule has 0 amide bonds. The molecule has 5 aromatic carbocycles. The van der Waals surface area contributed by atoms with E-state index in [1.807, 2.05) is 24.3 Å². The molecule has 0 unspecified atom stereocenters. The van der Waals surface area contributed by atoms with Crippen LogP contribution in [-0.2, 0) is 22.7 Å². The number of benzene rings is 5. The number of phenols is 2. The summed E-state index contributed by atoms with van der Waals surface area (Å²) in [5.41, 5.74) is 3.93. The van der Waals surface area contributed by atoms with Crippen molar-refractivity contribution in [3.63, 3.8) is 0 Å². The summed E-state index contributed by atoms with van der Waals surface area (Å²) in [6.45, 7) is -0.564. The summed E-state index contributed by atoms with van der Waals surface area (Å²) in [5, 5.41) is 39.7. The Morgan fingerprint density at radius 1 is 0.560 bits per heavy atom. The van der Waals surface area contributed by atoms with Gasteiger partial charge >= 0.3 is 11.9 Å². The molecule has 0 aliphatic carbocycles. The number of methoxy groups -OCH3 is 2. The normalized spacial score (nSPS) is 11.1. The molecule has 0 saturated carbocycles. The molecule has 14 nitrogen and oxygen atoms in total. The van der Waals surface area contributed by atoms with Gasteiger partial charge in [0.1, 0.15) is 69.7 Å². The molecule has 7 aromatic rings. The Kier molecular flexibility index (Phi) is 8.40. The van der Waals surface area contributed by atoms with Crippen LogP contribution in [0.2, 0.25) is 0 Å². The quantitative estimate of drug-likeness (QED) is 0.180. The van der Waals surface area contributed by atoms with Crippen LogP contribution in [-0.4, -0.2) is 66.4 Å². The summed E-state index contributed by atoms with van der Waals surface area (Å²) >= 11 is 0. The first-order chi connectivity index (χ1) is 24.3. The lowest BCUT2D eigenvalue weighted by Gasteiger charge is -2.13. The van der Waals surface area contributed by atoms with Crippen molar-refractivity contribution in [2.45, 2.75) is 13.2 Å². The molecule has 50 heavy (non-hydrogen) atoms. The number of fused-ring (bicyclic) bond motifs is 2. The zero-order chi connectivity index (χ0) is 34.8. The van der Waals surface area contributed by atoms with E-state index in [9.17, 15) is 19.8 Å². The van der Waals surface area contributed by atoms with Crippen molar-refractivity contribution in [3.05, 3.63) is 119 Å². The van der Waals surface area contributed by atoms with Crippen LogP contribution in [0.4, 0.5) is 0 Å². The number of hydrogen-bond acceptors (Lipinski definition) is 12. The summed E-state index contributed by atoms with van der Waals surface area (Å²) in [6.07, 6.45) is 0. The maximum Gasteiger partial charge on any atom is 0.338 e. The monoisotopic (exact) mass is 672 g/mol. The lowest BCUT2D eigenvalue weighted by Crippen LogP contribution is -2.09. The highest BCUT2D eigenvalue weighted by molar-refractivity contribution is 5.93. The number of hydrogen-bond donors (Lipinski definition) is 2. The number of aromatic nitrogens is 6. The molecule has 0 spiro atoms. The Morgan fingerprint density at radius 2 is 0.900 bits per heavy atom. The van der Waals surface area contributed by atoms with E-state index in [2.05, 4.69) is 20.4 Å². The zero-order valence-corrected chi connectivity index (χ0v) is 26.7. The van der Waals surface area contributed by atoms with Gasteiger partial charge in [0.05, 0.1) is 25.3 Å². The minimum atomic E-state index is -0.689. The summed E-state index contributed by atoms with van der Waals surface area (Å²) in [4.78, 5) is 28.4. The Balaban J connectivity index is 1.02. The number of phenolic OH excluding ortho intramolecular Hbond substituents is 2. The van der Waals surface area contributed by atoms with Gasteiger partial charge in [0, 0.05) is 23.3 Å². The minimum absolute atomic E-state index is 0.165. The van der Waals surface area contributed by atoms with Crippen LogP contribution in [0.5, 0.6) is 23.0 Å². The molecule has 250 valence electrons. The van der Waals surface area contributed by atoms with Gasteiger partial charge in [0.15, 0.2) is 0 Å². The SMILES string of the molecule is COc1cc(COC(=O)c2ccc(C(=O)OCc3cc(OC)cc(-n4nc5ccccc5n4)c3O)cc2)c(O)c(-n2nc3ccccc3n2)c1. The maximum atomic E-state index is 12.9. The van der Waals surface area contributed by atoms with E-state index in [0.717, 1.165) is 0 Å². The van der Waals surface area contributed by atoms with Crippen LogP contribution in [0.25, 0.3) is 33.4 Å². The van der Waals surface area contributed by atoms with E-state index >= 15 is 0 Å². The molecular weight excluding hydrogens is 644 g/mol. The zero-order valence-electron chi connectivity index (χ0n) is 26.7. The van der Waals surface area contributed by atoms with Gasteiger partial charge in [0.2, 0.25) is 0 Å². The Bertz CT molecular complexity index is 2150. The molecule has 14 heteroatoms. The summed E-state index contributed by atoms with van der Waals surface area (Å²) in [6, 6.07) is 26.4. The fourth-order valence-electron chi connectivity index (χ4n) is 5.19. The van der Waals surface area contributed by atoms with E-state index in [1.165, 1.54) is 48.1 Å². The van der Waals surface area contributed by atoms with Crippen molar-refractivity contribution >= 4 is 34.0 Å². The molecule has 0 bridgehead atoms. The molecule has 0 aliphatic heterocycles. The van der Waals surface area contributed by atoms with Crippen LogP contribution in [0.15, 0.2) is 97.1 Å². The molecule has 0 saturated heterocycles. The first kappa shape index (κ1) is 31.6. The predicted molar refractivity (Wildman–Crippen MR) is 179 cm³/mol. The smallest absolute Gasteiger partial charge is 0.338 e. The molecule has 0 aliphatic rings. The first-order valence-corrected chi connectivity index (χ1v) is 15.2. The van der Waals surface area contributed by atoms with Crippen molar-refractivity contribution in [1.29, 1.82) is 0 Å². The van der Waals surface area contributed by atoms with Crippen LogP contribution in [0.1, 0.15) is 31.8 Å². The van der Waals surface area contributed by atoms with Gasteiger partial charge in [-0.25, -0.2) is 9.59 Å². The lowest BCUT2D eigenvalue weighted by atomic mass is 10.1. The molecule has 0 fully saturated rings. The number of rotatable bonds is 10. The second-order valence-electron chi connectivity index (χ2n) is 11.0. The number of nitrogens with zero attached hydrogens (tertiary/aromatic N) is 6. The van der Waals surface area contributed by atoms with Gasteiger partial charge in [0.25, 0.3) is 0 Å². The topological polar surface area (TPSA) is 173 Å². The van der Waals surface area contributed by atoms with Gasteiger partial charge in [-0.05, 0) is 60.7 Å². The molecule has 0 atom stereocenters. The van der Waals surface area contributed by atoms with Crippen molar-refractivity contribution in [1.82, 2.24) is 30.0 Å². The van der Waals surface area contributed by atoms with Gasteiger partial charge < -0.3 is 29.2 Å². The van der Waals surface area contributed by atoms with Crippen molar-refractivity contribution in [2.24, 2.45) is 0 Å². The average molecular weight is 673 g/mol. The van der Waals surface area contributed by atoms with Crippen LogP contribution in [0.3, 0.4) is 0 Å². The number of ether oxygens (including phenoxy) is 4. The molecule has 0 radical (unpaired) electrons. The van der Waals surface area contributed by atoms with Crippen LogP contribution < -0.4 is 9.47 Å². The van der Waals surface area contributed by atoms with E-state index in [-0.39, 0.29) is 58.3 Å². The standard InChI is InChI=1S/C36H28N6O8/c1-47-25-15-23(33(43)31(17-25)41-37-27-7-3-4-8-28(27)38-41)19-49-35(45)21-11-13-22(14-12-21)36(46)50-20-24-16-26(48-2)18-32(34(24)44)42-39-29-9-5-6-10-30(29)40-42/h3-18,43-44H,19-20H2,1-2H3. The third kappa shape index (κ3) is 6.20. The number of carbonyl (C=O) groups excluding carboxylic acids is 2. The van der Waals surface area contributed by atoms with Crippen LogP contribution >= 0.6 is 0 Å². The lowest BCUT2D eigenvalue weighted by molar-refractivity contribution is 0.0455.